The van der Waals surface area contributed by atoms with Crippen molar-refractivity contribution < 1.29 is 0 Å². The molecule has 0 spiro atoms. The fourth-order valence-corrected chi connectivity index (χ4v) is 12.5. The lowest BCUT2D eigenvalue weighted by Crippen LogP contribution is -2.68. The van der Waals surface area contributed by atoms with Gasteiger partial charge in [0.25, 0.3) is 0 Å². The summed E-state index contributed by atoms with van der Waals surface area (Å²) in [6, 6.07) is 0. The quantitative estimate of drug-likeness (QED) is 0.0602. The summed E-state index contributed by atoms with van der Waals surface area (Å²) in [6.45, 7) is 36.5. The Labute approximate surface area is 314 Å². The Hall–Kier alpha value is 0. The molecule has 0 amide bonds. The summed E-state index contributed by atoms with van der Waals surface area (Å²) in [4.78, 5) is 0. The minimum absolute atomic E-state index is 0.230. The van der Waals surface area contributed by atoms with Crippen LogP contribution in [0.1, 0.15) is 270 Å². The van der Waals surface area contributed by atoms with Crippen molar-refractivity contribution in [2.75, 3.05) is 0 Å². The summed E-state index contributed by atoms with van der Waals surface area (Å²) in [7, 11) is 0. The zero-order chi connectivity index (χ0) is 37.4. The van der Waals surface area contributed by atoms with E-state index < -0.39 is 0 Å². The molecule has 5 unspecified atom stereocenters. The highest BCUT2D eigenvalue weighted by Crippen LogP contribution is 2.76. The molecule has 0 heteroatoms. The summed E-state index contributed by atoms with van der Waals surface area (Å²) >= 11 is 0. The number of unbranched alkanes of at least 4 members (excludes halogenated alkanes) is 15. The summed E-state index contributed by atoms with van der Waals surface area (Å²) in [5.41, 5.74) is 1.23. The minimum Gasteiger partial charge on any atom is -0.0654 e. The summed E-state index contributed by atoms with van der Waals surface area (Å²) in [5, 5.41) is 0. The summed E-state index contributed by atoms with van der Waals surface area (Å²) in [5.74, 6) is 2.93. The second kappa shape index (κ2) is 26.7. The van der Waals surface area contributed by atoms with Crippen LogP contribution in [0.2, 0.25) is 0 Å². The first kappa shape index (κ1) is 49.0. The van der Waals surface area contributed by atoms with Gasteiger partial charge in [-0.2, -0.15) is 0 Å². The zero-order valence-corrected chi connectivity index (χ0v) is 37.4. The topological polar surface area (TPSA) is 0 Å². The fraction of sp³-hybridized carbons (Fsp3) is 1.00. The molecule has 0 saturated heterocycles. The van der Waals surface area contributed by atoms with E-state index in [0.717, 1.165) is 11.8 Å². The standard InChI is InChI=1S/C49H100/c1-15-21-25-28-30-32-37-45(36-19-5)48(43(9)10,41-42(7)8)49(44(11)20-6,46(12,13)14)47(38-33-24-18-4,39-34-27-23-17-3)40-35-31-29-26-22-16-2/h42-45H,15-41H2,1-14H3. The maximum Gasteiger partial charge on any atom is -0.0105 e. The molecule has 0 aromatic carbocycles. The van der Waals surface area contributed by atoms with E-state index >= 15 is 0 Å². The molecule has 49 heavy (non-hydrogen) atoms. The van der Waals surface area contributed by atoms with Crippen molar-refractivity contribution >= 4 is 0 Å². The highest BCUT2D eigenvalue weighted by atomic mass is 14.7. The van der Waals surface area contributed by atoms with Gasteiger partial charge in [-0.15, -0.1) is 0 Å². The van der Waals surface area contributed by atoms with Crippen molar-refractivity contribution in [3.63, 3.8) is 0 Å². The van der Waals surface area contributed by atoms with Gasteiger partial charge in [0.2, 0.25) is 0 Å². The second-order valence-corrected chi connectivity index (χ2v) is 19.3. The van der Waals surface area contributed by atoms with E-state index in [9.17, 15) is 0 Å². The normalized spacial score (nSPS) is 17.6. The lowest BCUT2D eigenvalue weighted by Gasteiger charge is -2.73. The Morgan fingerprint density at radius 2 is 0.816 bits per heavy atom. The van der Waals surface area contributed by atoms with Crippen molar-refractivity contribution in [2.45, 2.75) is 270 Å². The number of hydrogen-bond donors (Lipinski definition) is 0. The van der Waals surface area contributed by atoms with Gasteiger partial charge in [-0.25, -0.2) is 0 Å². The molecule has 0 saturated carbocycles. The van der Waals surface area contributed by atoms with Crippen LogP contribution in [0, 0.1) is 45.3 Å². The van der Waals surface area contributed by atoms with Crippen LogP contribution in [0.4, 0.5) is 0 Å². The molecule has 296 valence electrons. The SMILES string of the molecule is CCCCCCCCC(CCC)C(CC(C)C)(C(C)C)C(C(C)CC)(C(C)(C)C)C(CCCCC)(CCCCCC)CCCCCCCC. The van der Waals surface area contributed by atoms with Gasteiger partial charge in [-0.3, -0.25) is 0 Å². The maximum atomic E-state index is 2.79. The molecule has 0 aliphatic heterocycles. The summed E-state index contributed by atoms with van der Waals surface area (Å²) < 4.78 is 0. The molecule has 0 fully saturated rings. The lowest BCUT2D eigenvalue weighted by molar-refractivity contribution is -0.257. The highest BCUT2D eigenvalue weighted by molar-refractivity contribution is 5.17. The molecule has 0 aromatic rings. The first-order valence-electron chi connectivity index (χ1n) is 23.3. The third-order valence-electron chi connectivity index (χ3n) is 13.9. The van der Waals surface area contributed by atoms with Crippen LogP contribution in [-0.4, -0.2) is 0 Å². The van der Waals surface area contributed by atoms with E-state index in [0.29, 0.717) is 22.7 Å². The first-order chi connectivity index (χ1) is 23.3. The molecule has 0 heterocycles. The van der Waals surface area contributed by atoms with E-state index in [-0.39, 0.29) is 10.8 Å². The smallest absolute Gasteiger partial charge is 0.0105 e. The van der Waals surface area contributed by atoms with Crippen LogP contribution in [-0.2, 0) is 0 Å². The molecule has 0 nitrogen and oxygen atoms in total. The van der Waals surface area contributed by atoms with Crippen LogP contribution in [0.5, 0.6) is 0 Å². The third kappa shape index (κ3) is 14.1. The zero-order valence-electron chi connectivity index (χ0n) is 37.4. The van der Waals surface area contributed by atoms with Gasteiger partial charge in [0.05, 0.1) is 0 Å². The van der Waals surface area contributed by atoms with Crippen LogP contribution in [0.3, 0.4) is 0 Å². The summed E-state index contributed by atoms with van der Waals surface area (Å²) in [6.07, 6.45) is 38.2. The molecular weight excluding hydrogens is 589 g/mol. The third-order valence-corrected chi connectivity index (χ3v) is 13.9. The van der Waals surface area contributed by atoms with Crippen molar-refractivity contribution in [3.8, 4) is 0 Å². The molecular formula is C49H100. The Bertz CT molecular complexity index is 740. The van der Waals surface area contributed by atoms with E-state index in [2.05, 4.69) is 96.9 Å². The molecule has 5 atom stereocenters. The van der Waals surface area contributed by atoms with Gasteiger partial charge < -0.3 is 0 Å². The van der Waals surface area contributed by atoms with Crippen LogP contribution in [0.25, 0.3) is 0 Å². The Kier molecular flexibility index (Phi) is 26.7. The van der Waals surface area contributed by atoms with Gasteiger partial charge in [0.15, 0.2) is 0 Å². The van der Waals surface area contributed by atoms with Gasteiger partial charge in [0.1, 0.15) is 0 Å². The van der Waals surface area contributed by atoms with Crippen LogP contribution in [0.15, 0.2) is 0 Å². The van der Waals surface area contributed by atoms with Crippen molar-refractivity contribution in [3.05, 3.63) is 0 Å². The predicted octanol–water partition coefficient (Wildman–Crippen LogP) is 18.2. The van der Waals surface area contributed by atoms with Gasteiger partial charge in [-0.05, 0) is 77.4 Å². The van der Waals surface area contributed by atoms with Gasteiger partial charge in [-0.1, -0.05) is 238 Å². The number of rotatable bonds is 33. The predicted molar refractivity (Wildman–Crippen MR) is 228 cm³/mol. The molecule has 0 aromatic heterocycles. The Morgan fingerprint density at radius 3 is 1.20 bits per heavy atom. The average Bonchev–Trinajstić information content (AvgIpc) is 3.04. The molecule has 0 N–H and O–H groups in total. The largest absolute Gasteiger partial charge is 0.0654 e. The second-order valence-electron chi connectivity index (χ2n) is 19.3. The minimum atomic E-state index is 0.230. The molecule has 0 radical (unpaired) electrons. The van der Waals surface area contributed by atoms with Gasteiger partial charge >= 0.3 is 0 Å². The molecule has 0 rings (SSSR count). The van der Waals surface area contributed by atoms with Crippen LogP contribution < -0.4 is 0 Å². The van der Waals surface area contributed by atoms with E-state index in [1.165, 1.54) is 173 Å². The van der Waals surface area contributed by atoms with Crippen molar-refractivity contribution in [1.82, 2.24) is 0 Å². The monoisotopic (exact) mass is 689 g/mol. The molecule has 0 bridgehead atoms. The van der Waals surface area contributed by atoms with E-state index in [1.807, 2.05) is 0 Å². The first-order valence-corrected chi connectivity index (χ1v) is 23.3. The highest BCUT2D eigenvalue weighted by Gasteiger charge is 2.70. The van der Waals surface area contributed by atoms with Crippen molar-refractivity contribution in [1.29, 1.82) is 0 Å². The Balaban J connectivity index is 8.01. The van der Waals surface area contributed by atoms with E-state index in [1.54, 1.807) is 0 Å². The fourth-order valence-electron chi connectivity index (χ4n) is 12.5. The van der Waals surface area contributed by atoms with Crippen LogP contribution >= 0.6 is 0 Å². The molecule has 0 aliphatic rings. The Morgan fingerprint density at radius 1 is 0.429 bits per heavy atom. The van der Waals surface area contributed by atoms with Gasteiger partial charge in [0, 0.05) is 0 Å². The van der Waals surface area contributed by atoms with Crippen molar-refractivity contribution in [2.24, 2.45) is 45.3 Å². The lowest BCUT2D eigenvalue weighted by atomic mass is 9.31. The number of hydrogen-bond acceptors (Lipinski definition) is 0. The maximum absolute atomic E-state index is 2.79. The van der Waals surface area contributed by atoms with E-state index in [4.69, 9.17) is 0 Å². The molecule has 0 aliphatic carbocycles. The average molecular weight is 689 g/mol.